The molecule has 0 amide bonds. The summed E-state index contributed by atoms with van der Waals surface area (Å²) in [5.41, 5.74) is 2.21. The van der Waals surface area contributed by atoms with Crippen LogP contribution in [-0.4, -0.2) is 58.5 Å². The van der Waals surface area contributed by atoms with Crippen molar-refractivity contribution in [1.29, 1.82) is 5.26 Å². The van der Waals surface area contributed by atoms with E-state index >= 15 is 0 Å². The summed E-state index contributed by atoms with van der Waals surface area (Å²) in [6, 6.07) is 12.0. The highest BCUT2D eigenvalue weighted by molar-refractivity contribution is 6.04. The number of esters is 1. The molecule has 1 aliphatic heterocycles. The van der Waals surface area contributed by atoms with Crippen LogP contribution < -0.4 is 9.80 Å². The second kappa shape index (κ2) is 9.38. The molecule has 1 aromatic carbocycles. The fourth-order valence-electron chi connectivity index (χ4n) is 4.34. The number of ether oxygens (including phenoxy) is 1. The number of carbonyl (C=O) groups excluding carboxylic acids is 1. The van der Waals surface area contributed by atoms with Gasteiger partial charge < -0.3 is 14.5 Å². The monoisotopic (exact) mass is 471 g/mol. The van der Waals surface area contributed by atoms with Gasteiger partial charge in [0.25, 0.3) is 0 Å². The zero-order valence-corrected chi connectivity index (χ0v) is 19.1. The molecule has 0 aliphatic carbocycles. The van der Waals surface area contributed by atoms with E-state index < -0.39 is 11.8 Å². The number of piperazine rings is 1. The first-order valence-electron chi connectivity index (χ1n) is 11.3. The molecule has 1 aliphatic rings. The van der Waals surface area contributed by atoms with E-state index in [1.807, 2.05) is 0 Å². The summed E-state index contributed by atoms with van der Waals surface area (Å²) in [5, 5.41) is 14.5. The van der Waals surface area contributed by atoms with Crippen molar-refractivity contribution < 1.29 is 13.9 Å². The third-order valence-corrected chi connectivity index (χ3v) is 5.95. The van der Waals surface area contributed by atoms with Crippen molar-refractivity contribution in [2.24, 2.45) is 0 Å². The number of para-hydroxylation sites is 1. The number of aromatic nitrogens is 4. The molecule has 0 N–H and O–H groups in total. The summed E-state index contributed by atoms with van der Waals surface area (Å²) in [6.07, 6.45) is 4.74. The van der Waals surface area contributed by atoms with E-state index in [-0.39, 0.29) is 12.3 Å². The Balaban J connectivity index is 1.54. The fourth-order valence-corrected chi connectivity index (χ4v) is 4.34. The van der Waals surface area contributed by atoms with Crippen LogP contribution in [0.25, 0.3) is 16.7 Å². The van der Waals surface area contributed by atoms with E-state index in [1.165, 1.54) is 16.9 Å². The molecule has 5 rings (SSSR count). The molecule has 1 fully saturated rings. The highest BCUT2D eigenvalue weighted by Gasteiger charge is 2.28. The van der Waals surface area contributed by atoms with E-state index in [0.717, 1.165) is 0 Å². The molecule has 0 saturated carbocycles. The molecule has 0 unspecified atom stereocenters. The minimum absolute atomic E-state index is 0.231. The molecule has 35 heavy (non-hydrogen) atoms. The number of nitriles is 1. The van der Waals surface area contributed by atoms with Crippen molar-refractivity contribution in [3.63, 3.8) is 0 Å². The number of nitrogens with zero attached hydrogens (tertiary/aromatic N) is 7. The maximum atomic E-state index is 14.5. The lowest BCUT2D eigenvalue weighted by Gasteiger charge is -2.37. The summed E-state index contributed by atoms with van der Waals surface area (Å²) < 4.78 is 21.2. The third kappa shape index (κ3) is 4.01. The van der Waals surface area contributed by atoms with Crippen LogP contribution in [0.5, 0.6) is 0 Å². The van der Waals surface area contributed by atoms with Crippen LogP contribution in [0.4, 0.5) is 15.9 Å². The van der Waals surface area contributed by atoms with E-state index in [1.54, 1.807) is 49.6 Å². The summed E-state index contributed by atoms with van der Waals surface area (Å²) >= 11 is 0. The van der Waals surface area contributed by atoms with Gasteiger partial charge in [-0.25, -0.2) is 23.8 Å². The third-order valence-electron chi connectivity index (χ3n) is 5.95. The molecular formula is C25H22FN7O2. The maximum absolute atomic E-state index is 14.5. The van der Waals surface area contributed by atoms with Crippen LogP contribution in [0.15, 0.2) is 55.0 Å². The van der Waals surface area contributed by atoms with Gasteiger partial charge in [-0.2, -0.15) is 10.4 Å². The van der Waals surface area contributed by atoms with Crippen molar-refractivity contribution >= 4 is 28.5 Å². The van der Waals surface area contributed by atoms with Crippen LogP contribution in [0, 0.1) is 17.1 Å². The van der Waals surface area contributed by atoms with E-state index in [4.69, 9.17) is 4.74 Å². The Morgan fingerprint density at radius 2 is 1.86 bits per heavy atom. The molecule has 0 spiro atoms. The van der Waals surface area contributed by atoms with Gasteiger partial charge in [0, 0.05) is 38.6 Å². The Hall–Kier alpha value is -4.52. The minimum Gasteiger partial charge on any atom is -0.462 e. The topological polar surface area (TPSA) is 100 Å². The second-order valence-electron chi connectivity index (χ2n) is 7.95. The molecular weight excluding hydrogens is 449 g/mol. The molecule has 0 atom stereocenters. The van der Waals surface area contributed by atoms with E-state index in [0.29, 0.717) is 59.8 Å². The molecule has 3 aromatic heterocycles. The van der Waals surface area contributed by atoms with Gasteiger partial charge in [0.1, 0.15) is 29.0 Å². The number of halogens is 1. The van der Waals surface area contributed by atoms with Gasteiger partial charge in [-0.15, -0.1) is 0 Å². The van der Waals surface area contributed by atoms with Gasteiger partial charge >= 0.3 is 5.97 Å². The summed E-state index contributed by atoms with van der Waals surface area (Å²) in [6.45, 7) is 4.31. The van der Waals surface area contributed by atoms with Crippen molar-refractivity contribution in [2.45, 2.75) is 6.92 Å². The summed E-state index contributed by atoms with van der Waals surface area (Å²) in [5.74, 6) is -0.255. The normalized spacial score (nSPS) is 13.6. The average Bonchev–Trinajstić information content (AvgIpc) is 3.32. The van der Waals surface area contributed by atoms with Gasteiger partial charge in [-0.1, -0.05) is 12.1 Å². The van der Waals surface area contributed by atoms with Gasteiger partial charge in [0.15, 0.2) is 5.65 Å². The van der Waals surface area contributed by atoms with Crippen molar-refractivity contribution in [1.82, 2.24) is 19.7 Å². The van der Waals surface area contributed by atoms with Crippen LogP contribution in [0.3, 0.4) is 0 Å². The van der Waals surface area contributed by atoms with Crippen molar-refractivity contribution in [3.05, 3.63) is 71.9 Å². The highest BCUT2D eigenvalue weighted by Crippen LogP contribution is 2.33. The van der Waals surface area contributed by atoms with Crippen LogP contribution in [0.2, 0.25) is 0 Å². The van der Waals surface area contributed by atoms with E-state index in [9.17, 15) is 14.4 Å². The van der Waals surface area contributed by atoms with Gasteiger partial charge in [-0.05, 0) is 31.2 Å². The van der Waals surface area contributed by atoms with Gasteiger partial charge in [0.2, 0.25) is 0 Å². The quantitative estimate of drug-likeness (QED) is 0.409. The number of benzene rings is 1. The number of anilines is 2. The average molecular weight is 471 g/mol. The zero-order chi connectivity index (χ0) is 24.4. The Kier molecular flexibility index (Phi) is 5.97. The number of fused-ring (bicyclic) bond motifs is 1. The van der Waals surface area contributed by atoms with Crippen LogP contribution in [-0.2, 0) is 4.74 Å². The van der Waals surface area contributed by atoms with Crippen molar-refractivity contribution in [3.8, 4) is 11.8 Å². The Bertz CT molecular complexity index is 1440. The number of pyridine rings is 2. The Morgan fingerprint density at radius 3 is 2.60 bits per heavy atom. The molecule has 0 bridgehead atoms. The minimum atomic E-state index is -0.477. The van der Waals surface area contributed by atoms with Crippen LogP contribution >= 0.6 is 0 Å². The predicted octanol–water partition coefficient (Wildman–Crippen LogP) is 3.33. The number of hydrogen-bond acceptors (Lipinski definition) is 8. The largest absolute Gasteiger partial charge is 0.462 e. The lowest BCUT2D eigenvalue weighted by atomic mass is 10.1. The van der Waals surface area contributed by atoms with Crippen LogP contribution in [0.1, 0.15) is 22.8 Å². The lowest BCUT2D eigenvalue weighted by molar-refractivity contribution is 0.0526. The number of rotatable bonds is 5. The lowest BCUT2D eigenvalue weighted by Crippen LogP contribution is -2.47. The number of hydrogen-bond donors (Lipinski definition) is 0. The molecule has 4 aromatic rings. The molecule has 176 valence electrons. The first kappa shape index (κ1) is 22.3. The predicted molar refractivity (Wildman–Crippen MR) is 128 cm³/mol. The molecule has 4 heterocycles. The SMILES string of the molecule is CCOC(=O)c1cnc2c(cnn2-c2ccccc2F)c1N1CCN(c2ncccc2C#N)CC1. The smallest absolute Gasteiger partial charge is 0.341 e. The Morgan fingerprint density at radius 1 is 1.09 bits per heavy atom. The highest BCUT2D eigenvalue weighted by atomic mass is 19.1. The maximum Gasteiger partial charge on any atom is 0.341 e. The second-order valence-corrected chi connectivity index (χ2v) is 7.95. The van der Waals surface area contributed by atoms with Gasteiger partial charge in [-0.3, -0.25) is 0 Å². The zero-order valence-electron chi connectivity index (χ0n) is 19.1. The fraction of sp³-hybridized carbons (Fsp3) is 0.240. The van der Waals surface area contributed by atoms with E-state index in [2.05, 4.69) is 30.9 Å². The molecule has 9 nitrogen and oxygen atoms in total. The molecule has 0 radical (unpaired) electrons. The number of carbonyl (C=O) groups is 1. The Labute approximate surface area is 201 Å². The summed E-state index contributed by atoms with van der Waals surface area (Å²) in [4.78, 5) is 25.8. The molecule has 1 saturated heterocycles. The standard InChI is InChI=1S/C25H22FN7O2/c1-2-35-25(34)19-15-29-24-18(16-30-33(24)21-8-4-3-7-20(21)26)22(19)31-10-12-32(13-11-31)23-17(14-27)6-5-9-28-23/h3-9,15-16H,2,10-13H2,1H3. The first-order valence-corrected chi connectivity index (χ1v) is 11.3. The van der Waals surface area contributed by atoms with Crippen molar-refractivity contribution in [2.75, 3.05) is 42.6 Å². The van der Waals surface area contributed by atoms with Gasteiger partial charge in [0.05, 0.1) is 29.4 Å². The first-order chi connectivity index (χ1) is 17.1. The summed E-state index contributed by atoms with van der Waals surface area (Å²) in [7, 11) is 0. The molecule has 10 heteroatoms.